The molecule has 0 spiro atoms. The van der Waals surface area contributed by atoms with Crippen molar-refractivity contribution in [2.24, 2.45) is 0 Å². The zero-order valence-corrected chi connectivity index (χ0v) is 13.5. The summed E-state index contributed by atoms with van der Waals surface area (Å²) in [6, 6.07) is 7.55. The topological polar surface area (TPSA) is 15.3 Å². The van der Waals surface area contributed by atoms with Gasteiger partial charge in [-0.3, -0.25) is 0 Å². The molecule has 1 aliphatic heterocycles. The molecule has 1 aromatic rings. The maximum atomic E-state index is 6.41. The van der Waals surface area contributed by atoms with Crippen molar-refractivity contribution in [3.8, 4) is 0 Å². The second-order valence-electron chi connectivity index (χ2n) is 5.43. The molecule has 1 atom stereocenters. The minimum Gasteiger partial charge on any atom is -0.367 e. The lowest BCUT2D eigenvalue weighted by molar-refractivity contribution is 0.589. The van der Waals surface area contributed by atoms with Gasteiger partial charge in [0.05, 0.1) is 0 Å². The molecule has 106 valence electrons. The summed E-state index contributed by atoms with van der Waals surface area (Å²) in [6.45, 7) is 8.53. The van der Waals surface area contributed by atoms with Crippen molar-refractivity contribution in [3.63, 3.8) is 0 Å². The molecular formula is C15H23ClN2S. The summed E-state index contributed by atoms with van der Waals surface area (Å²) in [6.07, 6.45) is 0. The Morgan fingerprint density at radius 3 is 2.89 bits per heavy atom. The van der Waals surface area contributed by atoms with E-state index in [1.807, 2.05) is 11.8 Å². The molecule has 0 bridgehead atoms. The summed E-state index contributed by atoms with van der Waals surface area (Å²) in [5.41, 5.74) is 2.43. The van der Waals surface area contributed by atoms with Crippen LogP contribution in [0, 0.1) is 0 Å². The molecule has 19 heavy (non-hydrogen) atoms. The van der Waals surface area contributed by atoms with Gasteiger partial charge in [0.15, 0.2) is 0 Å². The van der Waals surface area contributed by atoms with E-state index in [2.05, 4.69) is 49.2 Å². The van der Waals surface area contributed by atoms with Crippen LogP contribution in [0.3, 0.4) is 0 Å². The van der Waals surface area contributed by atoms with Gasteiger partial charge in [0.1, 0.15) is 0 Å². The van der Waals surface area contributed by atoms with E-state index in [0.717, 1.165) is 18.1 Å². The van der Waals surface area contributed by atoms with Gasteiger partial charge >= 0.3 is 0 Å². The minimum atomic E-state index is 0.481. The highest BCUT2D eigenvalue weighted by Gasteiger charge is 2.19. The van der Waals surface area contributed by atoms with E-state index in [-0.39, 0.29) is 0 Å². The van der Waals surface area contributed by atoms with Gasteiger partial charge in [-0.15, -0.1) is 0 Å². The van der Waals surface area contributed by atoms with Gasteiger partial charge in [-0.05, 0) is 24.6 Å². The molecule has 1 unspecified atom stereocenters. The fraction of sp³-hybridized carbons (Fsp3) is 0.600. The lowest BCUT2D eigenvalue weighted by Crippen LogP contribution is -2.40. The Morgan fingerprint density at radius 1 is 1.47 bits per heavy atom. The number of rotatable bonds is 4. The van der Waals surface area contributed by atoms with Crippen LogP contribution < -0.4 is 10.2 Å². The van der Waals surface area contributed by atoms with Crippen molar-refractivity contribution in [3.05, 3.63) is 28.8 Å². The molecule has 0 saturated carbocycles. The maximum Gasteiger partial charge on any atom is 0.0471 e. The molecule has 0 aromatic heterocycles. The zero-order valence-electron chi connectivity index (χ0n) is 11.9. The van der Waals surface area contributed by atoms with Crippen LogP contribution in [-0.2, 0) is 6.54 Å². The van der Waals surface area contributed by atoms with Gasteiger partial charge in [-0.25, -0.2) is 0 Å². The summed E-state index contributed by atoms with van der Waals surface area (Å²) in [5.74, 6) is 2.41. The fourth-order valence-corrected chi connectivity index (χ4v) is 3.54. The molecule has 1 aromatic carbocycles. The van der Waals surface area contributed by atoms with E-state index < -0.39 is 0 Å². The SMILES string of the molecule is CC(C)NCc1ccc(N2CCSCC2C)cc1Cl. The molecule has 1 heterocycles. The van der Waals surface area contributed by atoms with Crippen LogP contribution in [-0.4, -0.2) is 30.1 Å². The van der Waals surface area contributed by atoms with Gasteiger partial charge in [0, 0.05) is 47.4 Å². The van der Waals surface area contributed by atoms with Crippen LogP contribution in [0.25, 0.3) is 0 Å². The van der Waals surface area contributed by atoms with E-state index >= 15 is 0 Å². The zero-order chi connectivity index (χ0) is 13.8. The van der Waals surface area contributed by atoms with Gasteiger partial charge in [-0.1, -0.05) is 31.5 Å². The second-order valence-corrected chi connectivity index (χ2v) is 6.99. The summed E-state index contributed by atoms with van der Waals surface area (Å²) in [5, 5.41) is 4.28. The molecule has 0 amide bonds. The highest BCUT2D eigenvalue weighted by molar-refractivity contribution is 7.99. The number of nitrogens with one attached hydrogen (secondary N) is 1. The highest BCUT2D eigenvalue weighted by Crippen LogP contribution is 2.28. The first kappa shape index (κ1) is 15.0. The van der Waals surface area contributed by atoms with Crippen LogP contribution in [0.2, 0.25) is 5.02 Å². The number of halogens is 1. The summed E-state index contributed by atoms with van der Waals surface area (Å²) >= 11 is 8.44. The molecule has 1 fully saturated rings. The molecule has 4 heteroatoms. The Labute approximate surface area is 125 Å². The van der Waals surface area contributed by atoms with E-state index in [0.29, 0.717) is 12.1 Å². The van der Waals surface area contributed by atoms with Crippen LogP contribution >= 0.6 is 23.4 Å². The van der Waals surface area contributed by atoms with Gasteiger partial charge in [-0.2, -0.15) is 11.8 Å². The molecule has 0 aliphatic carbocycles. The Hall–Kier alpha value is -0.380. The fourth-order valence-electron chi connectivity index (χ4n) is 2.28. The van der Waals surface area contributed by atoms with E-state index in [1.165, 1.54) is 22.8 Å². The smallest absolute Gasteiger partial charge is 0.0471 e. The Kier molecular flexibility index (Phi) is 5.43. The Morgan fingerprint density at radius 2 is 2.26 bits per heavy atom. The quantitative estimate of drug-likeness (QED) is 0.911. The van der Waals surface area contributed by atoms with Crippen molar-refractivity contribution in [2.45, 2.75) is 39.4 Å². The molecule has 1 aliphatic rings. The van der Waals surface area contributed by atoms with Crippen LogP contribution in [0.1, 0.15) is 26.3 Å². The Bertz CT molecular complexity index is 423. The standard InChI is InChI=1S/C15H23ClN2S/c1-11(2)17-9-13-4-5-14(8-15(13)16)18-6-7-19-10-12(18)3/h4-5,8,11-12,17H,6-7,9-10H2,1-3H3. The third kappa shape index (κ3) is 4.04. The average molecular weight is 299 g/mol. The summed E-state index contributed by atoms with van der Waals surface area (Å²) < 4.78 is 0. The second kappa shape index (κ2) is 6.87. The number of hydrogen-bond donors (Lipinski definition) is 1. The molecule has 1 saturated heterocycles. The molecule has 2 nitrogen and oxygen atoms in total. The van der Waals surface area contributed by atoms with Crippen molar-refractivity contribution in [2.75, 3.05) is 23.0 Å². The van der Waals surface area contributed by atoms with Gasteiger partial charge in [0.2, 0.25) is 0 Å². The third-order valence-electron chi connectivity index (χ3n) is 3.44. The molecule has 0 radical (unpaired) electrons. The van der Waals surface area contributed by atoms with Crippen LogP contribution in [0.4, 0.5) is 5.69 Å². The van der Waals surface area contributed by atoms with Crippen molar-refractivity contribution < 1.29 is 0 Å². The first-order chi connectivity index (χ1) is 9.08. The maximum absolute atomic E-state index is 6.41. The van der Waals surface area contributed by atoms with Gasteiger partial charge in [0.25, 0.3) is 0 Å². The number of nitrogens with zero attached hydrogens (tertiary/aromatic N) is 1. The van der Waals surface area contributed by atoms with E-state index in [9.17, 15) is 0 Å². The predicted octanol–water partition coefficient (Wildman–Crippen LogP) is 3.78. The monoisotopic (exact) mass is 298 g/mol. The molecule has 2 rings (SSSR count). The normalized spacial score (nSPS) is 20.1. The number of thioether (sulfide) groups is 1. The van der Waals surface area contributed by atoms with E-state index in [1.54, 1.807) is 0 Å². The molecule has 1 N–H and O–H groups in total. The summed E-state index contributed by atoms with van der Waals surface area (Å²) in [7, 11) is 0. The third-order valence-corrected chi connectivity index (χ3v) is 4.98. The largest absolute Gasteiger partial charge is 0.367 e. The first-order valence-electron chi connectivity index (χ1n) is 6.94. The molecular weight excluding hydrogens is 276 g/mol. The van der Waals surface area contributed by atoms with Crippen LogP contribution in [0.15, 0.2) is 18.2 Å². The van der Waals surface area contributed by atoms with Crippen molar-refractivity contribution >= 4 is 29.1 Å². The van der Waals surface area contributed by atoms with Crippen molar-refractivity contribution in [1.29, 1.82) is 0 Å². The predicted molar refractivity (Wildman–Crippen MR) is 87.6 cm³/mol. The van der Waals surface area contributed by atoms with Crippen LogP contribution in [0.5, 0.6) is 0 Å². The van der Waals surface area contributed by atoms with Crippen molar-refractivity contribution in [1.82, 2.24) is 5.32 Å². The first-order valence-corrected chi connectivity index (χ1v) is 8.47. The highest BCUT2D eigenvalue weighted by atomic mass is 35.5. The average Bonchev–Trinajstić information content (AvgIpc) is 2.37. The number of benzene rings is 1. The minimum absolute atomic E-state index is 0.481. The summed E-state index contributed by atoms with van der Waals surface area (Å²) in [4.78, 5) is 2.46. The number of anilines is 1. The lowest BCUT2D eigenvalue weighted by Gasteiger charge is -2.35. The lowest BCUT2D eigenvalue weighted by atomic mass is 10.1. The van der Waals surface area contributed by atoms with Gasteiger partial charge < -0.3 is 10.2 Å². The number of hydrogen-bond acceptors (Lipinski definition) is 3. The Balaban J connectivity index is 2.09. The van der Waals surface area contributed by atoms with E-state index in [4.69, 9.17) is 11.6 Å².